The van der Waals surface area contributed by atoms with Crippen molar-refractivity contribution >= 4 is 22.5 Å². The second-order valence-corrected chi connectivity index (χ2v) is 6.72. The number of H-pyrrole nitrogens is 1. The highest BCUT2D eigenvalue weighted by Crippen LogP contribution is 2.25. The fraction of sp³-hybridized carbons (Fsp3) is 0.300. The molecule has 4 rings (SSSR count). The fourth-order valence-electron chi connectivity index (χ4n) is 3.69. The molecule has 5 nitrogen and oxygen atoms in total. The van der Waals surface area contributed by atoms with E-state index in [1.165, 1.54) is 5.69 Å². The predicted octanol–water partition coefficient (Wildman–Crippen LogP) is 3.22. The molecular formula is C20H22N4O. The number of aryl methyl sites for hydroxylation is 1. The Morgan fingerprint density at radius 3 is 2.72 bits per heavy atom. The Kier molecular flexibility index (Phi) is 3.92. The molecule has 0 aliphatic carbocycles. The molecule has 1 unspecified atom stereocenters. The van der Waals surface area contributed by atoms with Gasteiger partial charge >= 0.3 is 0 Å². The van der Waals surface area contributed by atoms with E-state index in [-0.39, 0.29) is 11.9 Å². The first-order valence-corrected chi connectivity index (χ1v) is 8.69. The van der Waals surface area contributed by atoms with E-state index < -0.39 is 0 Å². The van der Waals surface area contributed by atoms with Crippen molar-refractivity contribution in [3.8, 4) is 0 Å². The largest absolute Gasteiger partial charge is 0.368 e. The number of para-hydroxylation sites is 1. The molecule has 0 saturated carbocycles. The van der Waals surface area contributed by atoms with Crippen LogP contribution in [0.15, 0.2) is 48.7 Å². The lowest BCUT2D eigenvalue weighted by Gasteiger charge is -2.41. The van der Waals surface area contributed by atoms with E-state index in [0.29, 0.717) is 0 Å². The zero-order valence-electron chi connectivity index (χ0n) is 14.6. The normalized spacial score (nSPS) is 17.9. The van der Waals surface area contributed by atoms with Gasteiger partial charge in [-0.25, -0.2) is 0 Å². The van der Waals surface area contributed by atoms with Gasteiger partial charge in [-0.15, -0.1) is 0 Å². The van der Waals surface area contributed by atoms with Crippen LogP contribution in [-0.4, -0.2) is 46.7 Å². The van der Waals surface area contributed by atoms with Crippen molar-refractivity contribution in [2.24, 2.45) is 0 Å². The maximum atomic E-state index is 13.3. The number of carbonyl (C=O) groups is 1. The molecule has 128 valence electrons. The average molecular weight is 334 g/mol. The van der Waals surface area contributed by atoms with Crippen LogP contribution in [0.4, 0.5) is 5.69 Å². The van der Waals surface area contributed by atoms with Gasteiger partial charge in [0.05, 0.1) is 17.3 Å². The lowest BCUT2D eigenvalue weighted by Crippen LogP contribution is -2.54. The van der Waals surface area contributed by atoms with Crippen LogP contribution in [0.5, 0.6) is 0 Å². The van der Waals surface area contributed by atoms with Crippen molar-refractivity contribution in [1.82, 2.24) is 15.1 Å². The molecule has 0 radical (unpaired) electrons. The molecule has 1 aliphatic rings. The number of anilines is 1. The van der Waals surface area contributed by atoms with Gasteiger partial charge in [-0.1, -0.05) is 24.3 Å². The van der Waals surface area contributed by atoms with Gasteiger partial charge in [0, 0.05) is 36.7 Å². The van der Waals surface area contributed by atoms with E-state index in [9.17, 15) is 4.79 Å². The minimum atomic E-state index is 0.102. The molecule has 25 heavy (non-hydrogen) atoms. The summed E-state index contributed by atoms with van der Waals surface area (Å²) in [4.78, 5) is 17.6. The van der Waals surface area contributed by atoms with Crippen LogP contribution >= 0.6 is 0 Å². The molecule has 1 amide bonds. The van der Waals surface area contributed by atoms with Gasteiger partial charge in [0.25, 0.3) is 5.91 Å². The summed E-state index contributed by atoms with van der Waals surface area (Å²) in [6.07, 6.45) is 1.75. The molecule has 1 aliphatic heterocycles. The highest BCUT2D eigenvalue weighted by molar-refractivity contribution is 6.07. The van der Waals surface area contributed by atoms with Crippen LogP contribution in [0, 0.1) is 6.92 Å². The fourth-order valence-corrected chi connectivity index (χ4v) is 3.69. The van der Waals surface area contributed by atoms with E-state index in [1.54, 1.807) is 6.20 Å². The Morgan fingerprint density at radius 2 is 1.96 bits per heavy atom. The first-order valence-electron chi connectivity index (χ1n) is 8.69. The van der Waals surface area contributed by atoms with Gasteiger partial charge < -0.3 is 9.80 Å². The number of piperazine rings is 1. The number of amides is 1. The summed E-state index contributed by atoms with van der Waals surface area (Å²) in [6, 6.07) is 14.5. The Morgan fingerprint density at radius 1 is 1.16 bits per heavy atom. The van der Waals surface area contributed by atoms with Crippen molar-refractivity contribution in [3.63, 3.8) is 0 Å². The van der Waals surface area contributed by atoms with Crippen LogP contribution in [0.3, 0.4) is 0 Å². The number of rotatable bonds is 2. The lowest BCUT2D eigenvalue weighted by atomic mass is 10.0. The minimum absolute atomic E-state index is 0.102. The highest BCUT2D eigenvalue weighted by Gasteiger charge is 2.30. The smallest absolute Gasteiger partial charge is 0.255 e. The first-order chi connectivity index (χ1) is 12.1. The minimum Gasteiger partial charge on any atom is -0.368 e. The summed E-state index contributed by atoms with van der Waals surface area (Å²) >= 11 is 0. The molecule has 1 aromatic heterocycles. The molecule has 3 aromatic rings. The number of aromatic nitrogens is 2. The molecule has 2 heterocycles. The third kappa shape index (κ3) is 2.76. The molecule has 0 bridgehead atoms. The molecule has 1 fully saturated rings. The summed E-state index contributed by atoms with van der Waals surface area (Å²) in [5.41, 5.74) is 3.89. The number of nitrogens with zero attached hydrogens (tertiary/aromatic N) is 3. The topological polar surface area (TPSA) is 52.2 Å². The highest BCUT2D eigenvalue weighted by atomic mass is 16.2. The van der Waals surface area contributed by atoms with Gasteiger partial charge in [-0.3, -0.25) is 9.89 Å². The summed E-state index contributed by atoms with van der Waals surface area (Å²) < 4.78 is 0. The van der Waals surface area contributed by atoms with Crippen molar-refractivity contribution < 1.29 is 4.79 Å². The van der Waals surface area contributed by atoms with E-state index in [4.69, 9.17) is 0 Å². The van der Waals surface area contributed by atoms with Gasteiger partial charge in [0.1, 0.15) is 0 Å². The predicted molar refractivity (Wildman–Crippen MR) is 100.0 cm³/mol. The Labute approximate surface area is 147 Å². The number of fused-ring (bicyclic) bond motifs is 1. The molecule has 5 heteroatoms. The van der Waals surface area contributed by atoms with E-state index in [0.717, 1.165) is 41.7 Å². The Balaban J connectivity index is 1.59. The monoisotopic (exact) mass is 334 g/mol. The Bertz CT molecular complexity index is 902. The standard InChI is InChI=1S/C20H22N4O/c1-14-8-9-18-17(12-21-22-18)19(14)20(25)24-11-10-23(13-15(24)2)16-6-4-3-5-7-16/h3-9,12,15H,10-11,13H2,1-2H3,(H,21,22). The zero-order valence-corrected chi connectivity index (χ0v) is 14.6. The molecule has 1 saturated heterocycles. The number of benzene rings is 2. The van der Waals surface area contributed by atoms with Crippen molar-refractivity contribution in [2.45, 2.75) is 19.9 Å². The number of aromatic amines is 1. The van der Waals surface area contributed by atoms with E-state index in [2.05, 4.69) is 46.3 Å². The molecule has 1 atom stereocenters. The number of nitrogens with one attached hydrogen (secondary N) is 1. The second-order valence-electron chi connectivity index (χ2n) is 6.72. The number of hydrogen-bond donors (Lipinski definition) is 1. The maximum Gasteiger partial charge on any atom is 0.255 e. The Hall–Kier alpha value is -2.82. The summed E-state index contributed by atoms with van der Waals surface area (Å²) in [6.45, 7) is 6.53. The number of hydrogen-bond acceptors (Lipinski definition) is 3. The van der Waals surface area contributed by atoms with Gasteiger partial charge in [-0.2, -0.15) is 5.10 Å². The van der Waals surface area contributed by atoms with Crippen molar-refractivity contribution in [1.29, 1.82) is 0 Å². The third-order valence-corrected chi connectivity index (χ3v) is 5.06. The van der Waals surface area contributed by atoms with Crippen LogP contribution < -0.4 is 4.90 Å². The first kappa shape index (κ1) is 15.7. The quantitative estimate of drug-likeness (QED) is 0.783. The van der Waals surface area contributed by atoms with Gasteiger partial charge in [0.15, 0.2) is 0 Å². The van der Waals surface area contributed by atoms with Crippen LogP contribution in [0.1, 0.15) is 22.8 Å². The zero-order chi connectivity index (χ0) is 17.4. The third-order valence-electron chi connectivity index (χ3n) is 5.06. The van der Waals surface area contributed by atoms with Crippen LogP contribution in [-0.2, 0) is 0 Å². The van der Waals surface area contributed by atoms with Gasteiger partial charge in [-0.05, 0) is 37.6 Å². The summed E-state index contributed by atoms with van der Waals surface area (Å²) in [5.74, 6) is 0.102. The molecule has 2 aromatic carbocycles. The second kappa shape index (κ2) is 6.24. The molecular weight excluding hydrogens is 312 g/mol. The SMILES string of the molecule is Cc1ccc2[nH]ncc2c1C(=O)N1CCN(c2ccccc2)CC1C. The summed E-state index contributed by atoms with van der Waals surface area (Å²) in [7, 11) is 0. The average Bonchev–Trinajstić information content (AvgIpc) is 3.10. The summed E-state index contributed by atoms with van der Waals surface area (Å²) in [5, 5.41) is 7.96. The van der Waals surface area contributed by atoms with Crippen molar-refractivity contribution in [2.75, 3.05) is 24.5 Å². The number of carbonyl (C=O) groups excluding carboxylic acids is 1. The lowest BCUT2D eigenvalue weighted by molar-refractivity contribution is 0.0675. The van der Waals surface area contributed by atoms with E-state index >= 15 is 0 Å². The maximum absolute atomic E-state index is 13.3. The van der Waals surface area contributed by atoms with Crippen LogP contribution in [0.25, 0.3) is 10.9 Å². The molecule has 0 spiro atoms. The molecule has 1 N–H and O–H groups in total. The van der Waals surface area contributed by atoms with E-state index in [1.807, 2.05) is 30.0 Å². The van der Waals surface area contributed by atoms with Gasteiger partial charge in [0.2, 0.25) is 0 Å². The van der Waals surface area contributed by atoms with Crippen molar-refractivity contribution in [3.05, 3.63) is 59.8 Å². The van der Waals surface area contributed by atoms with Crippen LogP contribution in [0.2, 0.25) is 0 Å².